The average Bonchev–Trinajstić information content (AvgIpc) is 2.78. The summed E-state index contributed by atoms with van der Waals surface area (Å²) in [7, 11) is 1.32. The highest BCUT2D eigenvalue weighted by Crippen LogP contribution is 2.37. The maximum atomic E-state index is 6.23. The van der Waals surface area contributed by atoms with Crippen molar-refractivity contribution in [2.24, 2.45) is 0 Å². The largest absolute Gasteiger partial charge is 0.496 e. The minimum atomic E-state index is -0.421. The van der Waals surface area contributed by atoms with Gasteiger partial charge in [0.2, 0.25) is 0 Å². The van der Waals surface area contributed by atoms with Crippen molar-refractivity contribution in [2.75, 3.05) is 18.6 Å². The second kappa shape index (κ2) is 6.83. The lowest BCUT2D eigenvalue weighted by molar-refractivity contribution is 0.00578. The molecule has 0 aromatic carbocycles. The number of rotatable bonds is 4. The van der Waals surface area contributed by atoms with Gasteiger partial charge in [-0.2, -0.15) is 11.8 Å². The van der Waals surface area contributed by atoms with Crippen LogP contribution in [0.1, 0.15) is 45.9 Å². The van der Waals surface area contributed by atoms with E-state index in [2.05, 4.69) is 38.8 Å². The van der Waals surface area contributed by atoms with E-state index in [1.54, 1.807) is 7.11 Å². The highest BCUT2D eigenvalue weighted by Gasteiger charge is 2.52. The van der Waals surface area contributed by atoms with Gasteiger partial charge >= 0.3 is 7.12 Å². The van der Waals surface area contributed by atoms with Crippen LogP contribution in [0.25, 0.3) is 0 Å². The highest BCUT2D eigenvalue weighted by atomic mass is 32.2. The van der Waals surface area contributed by atoms with Crippen LogP contribution in [0.3, 0.4) is 0 Å². The third-order valence-corrected chi connectivity index (χ3v) is 6.09. The lowest BCUT2D eigenvalue weighted by Crippen LogP contribution is -2.41. The van der Waals surface area contributed by atoms with Crippen LogP contribution in [0.15, 0.2) is 30.0 Å². The average molecular weight is 347 g/mol. The quantitative estimate of drug-likeness (QED) is 0.618. The first-order valence-corrected chi connectivity index (χ1v) is 9.61. The fourth-order valence-corrected chi connectivity index (χ4v) is 3.92. The predicted octanol–water partition coefficient (Wildman–Crippen LogP) is 3.13. The lowest BCUT2D eigenvalue weighted by atomic mass is 9.76. The standard InChI is InChI=1S/C18H26BNO3S/c1-17(2)18(3,4)23-19(22-17)14-7-6-10-20-15(14)16(21-5)13-8-11-24-12-9-13/h6-8,10,16H,9,11-12H2,1-5H3. The summed E-state index contributed by atoms with van der Waals surface area (Å²) in [5.41, 5.74) is 2.42. The number of aromatic nitrogens is 1. The van der Waals surface area contributed by atoms with Crippen molar-refractivity contribution in [2.45, 2.75) is 51.4 Å². The molecule has 0 saturated carbocycles. The van der Waals surface area contributed by atoms with Crippen LogP contribution in [0.5, 0.6) is 0 Å². The van der Waals surface area contributed by atoms with Gasteiger partial charge in [0.1, 0.15) is 6.10 Å². The molecular formula is C18H26BNO3S. The van der Waals surface area contributed by atoms with E-state index in [0.717, 1.165) is 29.1 Å². The molecular weight excluding hydrogens is 321 g/mol. The SMILES string of the molecule is COC(C1=CCSCC1)c1ncccc1B1OC(C)(C)C(C)(C)O1. The van der Waals surface area contributed by atoms with E-state index >= 15 is 0 Å². The number of hydrogen-bond donors (Lipinski definition) is 0. The van der Waals surface area contributed by atoms with Gasteiger partial charge in [-0.15, -0.1) is 0 Å². The number of nitrogens with zero attached hydrogens (tertiary/aromatic N) is 1. The van der Waals surface area contributed by atoms with Gasteiger partial charge in [0.15, 0.2) is 0 Å². The van der Waals surface area contributed by atoms with Gasteiger partial charge in [0.25, 0.3) is 0 Å². The molecule has 2 aliphatic heterocycles. The van der Waals surface area contributed by atoms with Crippen LogP contribution in [-0.4, -0.2) is 41.9 Å². The van der Waals surface area contributed by atoms with Gasteiger partial charge in [-0.1, -0.05) is 12.1 Å². The zero-order valence-corrected chi connectivity index (χ0v) is 16.0. The molecule has 0 aliphatic carbocycles. The molecule has 2 aliphatic rings. The fourth-order valence-electron chi connectivity index (χ4n) is 3.04. The molecule has 1 saturated heterocycles. The molecule has 24 heavy (non-hydrogen) atoms. The number of pyridine rings is 1. The van der Waals surface area contributed by atoms with E-state index < -0.39 is 7.12 Å². The maximum Gasteiger partial charge on any atom is 0.496 e. The van der Waals surface area contributed by atoms with Gasteiger partial charge in [-0.25, -0.2) is 0 Å². The molecule has 1 atom stereocenters. The number of thioether (sulfide) groups is 1. The Morgan fingerprint density at radius 2 is 1.96 bits per heavy atom. The molecule has 1 aromatic heterocycles. The van der Waals surface area contributed by atoms with E-state index in [1.807, 2.05) is 30.1 Å². The van der Waals surface area contributed by atoms with Crippen LogP contribution < -0.4 is 5.46 Å². The third kappa shape index (κ3) is 3.29. The van der Waals surface area contributed by atoms with Gasteiger partial charge in [-0.05, 0) is 51.5 Å². The molecule has 130 valence electrons. The van der Waals surface area contributed by atoms with Crippen molar-refractivity contribution in [3.8, 4) is 0 Å². The van der Waals surface area contributed by atoms with Gasteiger partial charge < -0.3 is 14.0 Å². The Morgan fingerprint density at radius 3 is 2.54 bits per heavy atom. The Kier molecular flexibility index (Phi) is 5.12. The van der Waals surface area contributed by atoms with Crippen molar-refractivity contribution >= 4 is 24.3 Å². The van der Waals surface area contributed by atoms with Crippen LogP contribution in [0.4, 0.5) is 0 Å². The Hall–Kier alpha value is -0.815. The topological polar surface area (TPSA) is 40.6 Å². The molecule has 6 heteroatoms. The zero-order chi connectivity index (χ0) is 17.4. The zero-order valence-electron chi connectivity index (χ0n) is 15.2. The van der Waals surface area contributed by atoms with Crippen LogP contribution in [0, 0.1) is 0 Å². The number of ether oxygens (including phenoxy) is 1. The van der Waals surface area contributed by atoms with Crippen molar-refractivity contribution in [3.05, 3.63) is 35.7 Å². The van der Waals surface area contributed by atoms with E-state index in [4.69, 9.17) is 14.0 Å². The molecule has 1 fully saturated rings. The minimum absolute atomic E-state index is 0.138. The van der Waals surface area contributed by atoms with Gasteiger partial charge in [0.05, 0.1) is 16.9 Å². The summed E-state index contributed by atoms with van der Waals surface area (Å²) in [5, 5.41) is 0. The predicted molar refractivity (Wildman–Crippen MR) is 99.7 cm³/mol. The summed E-state index contributed by atoms with van der Waals surface area (Å²) in [6.45, 7) is 8.27. The maximum absolute atomic E-state index is 6.23. The van der Waals surface area contributed by atoms with E-state index in [-0.39, 0.29) is 17.3 Å². The smallest absolute Gasteiger partial charge is 0.399 e. The summed E-state index contributed by atoms with van der Waals surface area (Å²) in [4.78, 5) is 4.63. The molecule has 0 radical (unpaired) electrons. The first-order chi connectivity index (χ1) is 11.4. The van der Waals surface area contributed by atoms with Crippen molar-refractivity contribution < 1.29 is 14.0 Å². The molecule has 3 heterocycles. The van der Waals surface area contributed by atoms with Crippen molar-refractivity contribution in [1.82, 2.24) is 4.98 Å². The highest BCUT2D eigenvalue weighted by molar-refractivity contribution is 7.99. The molecule has 0 spiro atoms. The van der Waals surface area contributed by atoms with E-state index in [1.165, 1.54) is 5.57 Å². The van der Waals surface area contributed by atoms with Crippen LogP contribution in [-0.2, 0) is 14.0 Å². The monoisotopic (exact) mass is 347 g/mol. The van der Waals surface area contributed by atoms with Crippen molar-refractivity contribution in [3.63, 3.8) is 0 Å². The number of methoxy groups -OCH3 is 1. The summed E-state index contributed by atoms with van der Waals surface area (Å²) >= 11 is 1.95. The normalized spacial score (nSPS) is 23.9. The Labute approximate surface area is 149 Å². The molecule has 1 unspecified atom stereocenters. The third-order valence-electron chi connectivity index (χ3n) is 5.20. The summed E-state index contributed by atoms with van der Waals surface area (Å²) in [6, 6.07) is 3.97. The van der Waals surface area contributed by atoms with Crippen LogP contribution in [0.2, 0.25) is 0 Å². The van der Waals surface area contributed by atoms with Gasteiger partial charge in [0, 0.05) is 24.5 Å². The lowest BCUT2D eigenvalue weighted by Gasteiger charge is -2.32. The second-order valence-corrected chi connectivity index (χ2v) is 8.44. The Balaban J connectivity index is 1.95. The molecule has 0 N–H and O–H groups in total. The molecule has 0 amide bonds. The summed E-state index contributed by atoms with van der Waals surface area (Å²) in [6.07, 6.45) is 4.98. The first-order valence-electron chi connectivity index (χ1n) is 8.45. The Morgan fingerprint density at radius 1 is 1.25 bits per heavy atom. The van der Waals surface area contributed by atoms with E-state index in [9.17, 15) is 0 Å². The molecule has 3 rings (SSSR count). The molecule has 0 bridgehead atoms. The number of hydrogen-bond acceptors (Lipinski definition) is 5. The second-order valence-electron chi connectivity index (χ2n) is 7.29. The van der Waals surface area contributed by atoms with E-state index in [0.29, 0.717) is 0 Å². The van der Waals surface area contributed by atoms with Crippen molar-refractivity contribution in [1.29, 1.82) is 0 Å². The summed E-state index contributed by atoms with van der Waals surface area (Å²) < 4.78 is 18.3. The first kappa shape index (κ1) is 18.0. The van der Waals surface area contributed by atoms with Gasteiger partial charge in [-0.3, -0.25) is 4.98 Å². The fraction of sp³-hybridized carbons (Fsp3) is 0.611. The molecule has 4 nitrogen and oxygen atoms in total. The minimum Gasteiger partial charge on any atom is -0.399 e. The molecule has 1 aromatic rings. The Bertz CT molecular complexity index is 616. The summed E-state index contributed by atoms with van der Waals surface area (Å²) in [5.74, 6) is 2.16. The van der Waals surface area contributed by atoms with Crippen LogP contribution >= 0.6 is 11.8 Å².